The molecule has 1 aromatic carbocycles. The maximum atomic E-state index is 12.5. The molecule has 2 heterocycles. The number of carbonyl (C=O) groups is 3. The predicted molar refractivity (Wildman–Crippen MR) is 114 cm³/mol. The fourth-order valence-corrected chi connectivity index (χ4v) is 3.80. The van der Waals surface area contributed by atoms with E-state index in [0.29, 0.717) is 23.1 Å². The minimum Gasteiger partial charge on any atom is -0.462 e. The fraction of sp³-hybridized carbons (Fsp3) is 0.478. The molecule has 8 heteroatoms. The number of esters is 2. The van der Waals surface area contributed by atoms with Crippen molar-refractivity contribution in [1.29, 1.82) is 0 Å². The molecule has 0 saturated heterocycles. The highest BCUT2D eigenvalue weighted by Crippen LogP contribution is 2.34. The Morgan fingerprint density at radius 3 is 2.61 bits per heavy atom. The summed E-state index contributed by atoms with van der Waals surface area (Å²) in [5.41, 5.74) is 0.479. The summed E-state index contributed by atoms with van der Waals surface area (Å²) in [4.78, 5) is 49.9. The van der Waals surface area contributed by atoms with Crippen molar-refractivity contribution in [1.82, 2.24) is 0 Å². The largest absolute Gasteiger partial charge is 0.462 e. The minimum atomic E-state index is -0.802. The van der Waals surface area contributed by atoms with Crippen LogP contribution in [0.4, 0.5) is 5.69 Å². The quantitative estimate of drug-likeness (QED) is 0.378. The summed E-state index contributed by atoms with van der Waals surface area (Å²) in [6.07, 6.45) is 3.57. The number of unbranched alkanes of at least 4 members (excludes halogenated alkanes) is 3. The lowest BCUT2D eigenvalue weighted by molar-refractivity contribution is -0.146. The molecule has 1 aliphatic rings. The SMILES string of the molecule is CCCCCCOC(=O)c1cc2ccc3c(c2oc1=O)CC(OC(C)=O)CN3C(C)=O. The Hall–Kier alpha value is -3.16. The number of rotatable bonds is 7. The van der Waals surface area contributed by atoms with E-state index in [9.17, 15) is 19.2 Å². The van der Waals surface area contributed by atoms with Gasteiger partial charge in [-0.05, 0) is 24.6 Å². The first-order valence-electron chi connectivity index (χ1n) is 10.5. The maximum absolute atomic E-state index is 12.5. The molecule has 0 spiro atoms. The molecule has 1 unspecified atom stereocenters. The first kappa shape index (κ1) is 22.5. The number of ether oxygens (including phenoxy) is 2. The monoisotopic (exact) mass is 429 g/mol. The van der Waals surface area contributed by atoms with Crippen LogP contribution in [0.15, 0.2) is 27.4 Å². The van der Waals surface area contributed by atoms with Crippen LogP contribution in [0, 0.1) is 0 Å². The van der Waals surface area contributed by atoms with Crippen molar-refractivity contribution in [2.24, 2.45) is 0 Å². The average molecular weight is 429 g/mol. The third-order valence-corrected chi connectivity index (χ3v) is 5.25. The maximum Gasteiger partial charge on any atom is 0.351 e. The Morgan fingerprint density at radius 1 is 1.16 bits per heavy atom. The van der Waals surface area contributed by atoms with E-state index < -0.39 is 23.7 Å². The van der Waals surface area contributed by atoms with Crippen LogP contribution in [0.5, 0.6) is 0 Å². The fourth-order valence-electron chi connectivity index (χ4n) is 3.80. The smallest absolute Gasteiger partial charge is 0.351 e. The zero-order valence-corrected chi connectivity index (χ0v) is 18.1. The van der Waals surface area contributed by atoms with E-state index in [-0.39, 0.29) is 30.2 Å². The highest BCUT2D eigenvalue weighted by atomic mass is 16.5. The molecule has 31 heavy (non-hydrogen) atoms. The van der Waals surface area contributed by atoms with Gasteiger partial charge in [0.05, 0.1) is 18.8 Å². The van der Waals surface area contributed by atoms with Crippen molar-refractivity contribution in [3.05, 3.63) is 39.7 Å². The van der Waals surface area contributed by atoms with E-state index in [0.717, 1.165) is 25.7 Å². The van der Waals surface area contributed by atoms with Crippen LogP contribution in [-0.4, -0.2) is 37.1 Å². The Labute approximate surface area is 180 Å². The molecule has 8 nitrogen and oxygen atoms in total. The lowest BCUT2D eigenvalue weighted by Gasteiger charge is -2.33. The van der Waals surface area contributed by atoms with Gasteiger partial charge in [0.15, 0.2) is 0 Å². The highest BCUT2D eigenvalue weighted by Gasteiger charge is 2.31. The summed E-state index contributed by atoms with van der Waals surface area (Å²) in [7, 11) is 0. The molecule has 1 atom stereocenters. The number of amides is 1. The van der Waals surface area contributed by atoms with Crippen LogP contribution in [-0.2, 0) is 25.5 Å². The third kappa shape index (κ3) is 5.13. The van der Waals surface area contributed by atoms with Gasteiger partial charge in [-0.3, -0.25) is 9.59 Å². The van der Waals surface area contributed by atoms with Gasteiger partial charge in [-0.2, -0.15) is 0 Å². The van der Waals surface area contributed by atoms with E-state index in [1.165, 1.54) is 24.8 Å². The van der Waals surface area contributed by atoms with Gasteiger partial charge in [-0.25, -0.2) is 9.59 Å². The molecule has 3 rings (SSSR count). The summed E-state index contributed by atoms with van der Waals surface area (Å²) in [6.45, 7) is 5.28. The van der Waals surface area contributed by atoms with E-state index >= 15 is 0 Å². The number of fused-ring (bicyclic) bond motifs is 3. The molecule has 0 radical (unpaired) electrons. The summed E-state index contributed by atoms with van der Waals surface area (Å²) in [5, 5.41) is 0.531. The number of benzene rings is 1. The number of carbonyl (C=O) groups excluding carboxylic acids is 3. The number of hydrogen-bond donors (Lipinski definition) is 0. The number of hydrogen-bond acceptors (Lipinski definition) is 7. The predicted octanol–water partition coefficient (Wildman–Crippen LogP) is 3.37. The lowest BCUT2D eigenvalue weighted by Crippen LogP contribution is -2.43. The van der Waals surface area contributed by atoms with E-state index in [4.69, 9.17) is 13.9 Å². The molecule has 0 N–H and O–H groups in total. The minimum absolute atomic E-state index is 0.168. The first-order valence-corrected chi connectivity index (χ1v) is 10.5. The van der Waals surface area contributed by atoms with Crippen LogP contribution >= 0.6 is 0 Å². The van der Waals surface area contributed by atoms with Crippen molar-refractivity contribution in [2.45, 2.75) is 59.0 Å². The van der Waals surface area contributed by atoms with Gasteiger partial charge < -0.3 is 18.8 Å². The van der Waals surface area contributed by atoms with Gasteiger partial charge in [0.1, 0.15) is 17.3 Å². The van der Waals surface area contributed by atoms with Gasteiger partial charge in [0.25, 0.3) is 0 Å². The van der Waals surface area contributed by atoms with Crippen LogP contribution in [0.25, 0.3) is 11.0 Å². The zero-order valence-electron chi connectivity index (χ0n) is 18.1. The van der Waals surface area contributed by atoms with E-state index in [1.54, 1.807) is 12.1 Å². The van der Waals surface area contributed by atoms with Gasteiger partial charge in [0, 0.05) is 31.2 Å². The molecule has 1 aromatic heterocycles. The van der Waals surface area contributed by atoms with Crippen molar-refractivity contribution >= 4 is 34.5 Å². The lowest BCUT2D eigenvalue weighted by atomic mass is 9.96. The van der Waals surface area contributed by atoms with E-state index in [1.807, 2.05) is 0 Å². The second kappa shape index (κ2) is 9.76. The summed E-state index contributed by atoms with van der Waals surface area (Å²) in [5.74, 6) is -1.39. The van der Waals surface area contributed by atoms with Crippen LogP contribution < -0.4 is 10.5 Å². The van der Waals surface area contributed by atoms with Gasteiger partial charge in [-0.15, -0.1) is 0 Å². The standard InChI is InChI=1S/C23H27NO7/c1-4-5-6-7-10-29-22(27)19-11-16-8-9-20-18(21(16)31-23(19)28)12-17(30-15(3)26)13-24(20)14(2)25/h8-9,11,17H,4-7,10,12-13H2,1-3H3. The van der Waals surface area contributed by atoms with Crippen LogP contribution in [0.3, 0.4) is 0 Å². The number of nitrogens with zero attached hydrogens (tertiary/aromatic N) is 1. The van der Waals surface area contributed by atoms with Crippen molar-refractivity contribution in [2.75, 3.05) is 18.1 Å². The average Bonchev–Trinajstić information content (AvgIpc) is 2.72. The number of anilines is 1. The van der Waals surface area contributed by atoms with Gasteiger partial charge in [-0.1, -0.05) is 26.2 Å². The van der Waals surface area contributed by atoms with Crippen molar-refractivity contribution in [3.8, 4) is 0 Å². The molecule has 0 aliphatic carbocycles. The van der Waals surface area contributed by atoms with Gasteiger partial charge >= 0.3 is 17.6 Å². The molecular weight excluding hydrogens is 402 g/mol. The Balaban J connectivity index is 1.93. The summed E-state index contributed by atoms with van der Waals surface area (Å²) < 4.78 is 16.0. The molecule has 1 amide bonds. The molecular formula is C23H27NO7. The van der Waals surface area contributed by atoms with Crippen LogP contribution in [0.1, 0.15) is 62.4 Å². The zero-order chi connectivity index (χ0) is 22.5. The van der Waals surface area contributed by atoms with Gasteiger partial charge in [0.2, 0.25) is 5.91 Å². The Kier molecular flexibility index (Phi) is 7.09. The van der Waals surface area contributed by atoms with Crippen molar-refractivity contribution in [3.63, 3.8) is 0 Å². The molecule has 0 saturated carbocycles. The Morgan fingerprint density at radius 2 is 1.94 bits per heavy atom. The molecule has 0 fully saturated rings. The highest BCUT2D eigenvalue weighted by molar-refractivity contribution is 5.99. The van der Waals surface area contributed by atoms with Crippen LogP contribution in [0.2, 0.25) is 0 Å². The second-order valence-corrected chi connectivity index (χ2v) is 7.69. The topological polar surface area (TPSA) is 103 Å². The summed E-state index contributed by atoms with van der Waals surface area (Å²) in [6, 6.07) is 4.88. The normalized spacial score (nSPS) is 15.5. The second-order valence-electron chi connectivity index (χ2n) is 7.69. The molecule has 166 valence electrons. The third-order valence-electron chi connectivity index (χ3n) is 5.25. The Bertz CT molecular complexity index is 1060. The van der Waals surface area contributed by atoms with Crippen molar-refractivity contribution < 1.29 is 28.3 Å². The molecule has 1 aliphatic heterocycles. The molecule has 2 aromatic rings. The first-order chi connectivity index (χ1) is 14.8. The molecule has 0 bridgehead atoms. The summed E-state index contributed by atoms with van der Waals surface area (Å²) >= 11 is 0. The van der Waals surface area contributed by atoms with E-state index in [2.05, 4.69) is 6.92 Å².